The summed E-state index contributed by atoms with van der Waals surface area (Å²) in [4.78, 5) is 13.8. The van der Waals surface area contributed by atoms with Crippen LogP contribution in [0.25, 0.3) is 0 Å². The first-order valence-corrected chi connectivity index (χ1v) is 7.99. The molecular formula is C17H21F2N3O4. The van der Waals surface area contributed by atoms with E-state index in [0.29, 0.717) is 18.8 Å². The van der Waals surface area contributed by atoms with Gasteiger partial charge in [-0.25, -0.2) is 0 Å². The van der Waals surface area contributed by atoms with Crippen molar-refractivity contribution < 1.29 is 27.6 Å². The normalized spacial score (nSPS) is 11.0. The van der Waals surface area contributed by atoms with Crippen LogP contribution in [0.3, 0.4) is 0 Å². The van der Waals surface area contributed by atoms with Crippen LogP contribution >= 0.6 is 0 Å². The second-order valence-electron chi connectivity index (χ2n) is 5.65. The molecule has 0 radical (unpaired) electrons. The van der Waals surface area contributed by atoms with Gasteiger partial charge >= 0.3 is 6.61 Å². The predicted molar refractivity (Wildman–Crippen MR) is 90.4 cm³/mol. The Kier molecular flexibility index (Phi) is 6.90. The standard InChI is InChI=1S/C17H21F2N3O4/c1-4-24-14-8-12(5-6-13(14)25-17(18)19)9-22(3)10-15(23)20-16-7-11(2)21-26-16/h5-8,17H,4,9-10H2,1-3H3,(H,20,23). The first kappa shape index (κ1) is 19.6. The molecular weight excluding hydrogens is 348 g/mol. The molecule has 1 aromatic heterocycles. The number of likely N-dealkylation sites (N-methyl/N-ethyl adjacent to an activating group) is 1. The van der Waals surface area contributed by atoms with E-state index in [-0.39, 0.29) is 29.8 Å². The van der Waals surface area contributed by atoms with Crippen molar-refractivity contribution in [3.63, 3.8) is 0 Å². The fourth-order valence-corrected chi connectivity index (χ4v) is 2.32. The van der Waals surface area contributed by atoms with E-state index in [0.717, 1.165) is 5.56 Å². The second kappa shape index (κ2) is 9.14. The molecule has 9 heteroatoms. The summed E-state index contributed by atoms with van der Waals surface area (Å²) in [5.74, 6) is 0.242. The van der Waals surface area contributed by atoms with Crippen molar-refractivity contribution in [2.45, 2.75) is 27.0 Å². The molecule has 0 bridgehead atoms. The zero-order chi connectivity index (χ0) is 19.1. The minimum Gasteiger partial charge on any atom is -0.490 e. The maximum atomic E-state index is 12.4. The number of carbonyl (C=O) groups is 1. The molecule has 0 saturated heterocycles. The van der Waals surface area contributed by atoms with Gasteiger partial charge in [0.15, 0.2) is 11.5 Å². The summed E-state index contributed by atoms with van der Waals surface area (Å²) in [6, 6.07) is 6.32. The van der Waals surface area contributed by atoms with Crippen LogP contribution in [0.1, 0.15) is 18.2 Å². The average molecular weight is 369 g/mol. The Bertz CT molecular complexity index is 737. The Morgan fingerprint density at radius 1 is 1.35 bits per heavy atom. The number of hydrogen-bond acceptors (Lipinski definition) is 6. The predicted octanol–water partition coefficient (Wildman–Crippen LogP) is 3.05. The van der Waals surface area contributed by atoms with Gasteiger partial charge in [-0.1, -0.05) is 11.2 Å². The number of halogens is 2. The molecule has 1 heterocycles. The molecule has 1 amide bonds. The van der Waals surface area contributed by atoms with Crippen molar-refractivity contribution in [2.24, 2.45) is 0 Å². The van der Waals surface area contributed by atoms with Crippen LogP contribution in [-0.4, -0.2) is 42.8 Å². The number of nitrogens with one attached hydrogen (secondary N) is 1. The van der Waals surface area contributed by atoms with Gasteiger partial charge in [0.1, 0.15) is 0 Å². The average Bonchev–Trinajstić information content (AvgIpc) is 2.94. The molecule has 0 aliphatic rings. The lowest BCUT2D eigenvalue weighted by Gasteiger charge is -2.17. The third kappa shape index (κ3) is 5.99. The summed E-state index contributed by atoms with van der Waals surface area (Å²) in [6.45, 7) is 1.42. The zero-order valence-electron chi connectivity index (χ0n) is 14.8. The number of rotatable bonds is 9. The van der Waals surface area contributed by atoms with Crippen LogP contribution in [0.15, 0.2) is 28.8 Å². The molecule has 0 fully saturated rings. The van der Waals surface area contributed by atoms with E-state index in [1.165, 1.54) is 6.07 Å². The fourth-order valence-electron chi connectivity index (χ4n) is 2.32. The lowest BCUT2D eigenvalue weighted by molar-refractivity contribution is -0.117. The smallest absolute Gasteiger partial charge is 0.387 e. The van der Waals surface area contributed by atoms with Crippen LogP contribution in [-0.2, 0) is 11.3 Å². The van der Waals surface area contributed by atoms with Gasteiger partial charge in [0.2, 0.25) is 11.8 Å². The van der Waals surface area contributed by atoms with E-state index >= 15 is 0 Å². The molecule has 0 saturated carbocycles. The number of anilines is 1. The van der Waals surface area contributed by atoms with E-state index in [1.54, 1.807) is 44.0 Å². The van der Waals surface area contributed by atoms with Crippen molar-refractivity contribution in [2.75, 3.05) is 25.5 Å². The molecule has 0 aliphatic heterocycles. The van der Waals surface area contributed by atoms with Crippen LogP contribution < -0.4 is 14.8 Å². The molecule has 2 aromatic rings. The minimum absolute atomic E-state index is 0.0216. The van der Waals surface area contributed by atoms with E-state index in [9.17, 15) is 13.6 Å². The Labute approximate surface area is 149 Å². The topological polar surface area (TPSA) is 76.8 Å². The number of amides is 1. The van der Waals surface area contributed by atoms with Crippen molar-refractivity contribution >= 4 is 11.8 Å². The number of alkyl halides is 2. The molecule has 0 aliphatic carbocycles. The molecule has 0 atom stereocenters. The minimum atomic E-state index is -2.92. The number of carbonyl (C=O) groups excluding carboxylic acids is 1. The molecule has 0 unspecified atom stereocenters. The van der Waals surface area contributed by atoms with Crippen molar-refractivity contribution in [1.29, 1.82) is 0 Å². The fraction of sp³-hybridized carbons (Fsp3) is 0.412. The maximum absolute atomic E-state index is 12.4. The summed E-state index contributed by atoms with van der Waals surface area (Å²) < 4.78 is 39.6. The van der Waals surface area contributed by atoms with Crippen molar-refractivity contribution in [1.82, 2.24) is 10.1 Å². The number of aryl methyl sites for hydroxylation is 1. The third-order valence-corrected chi connectivity index (χ3v) is 3.28. The molecule has 1 N–H and O–H groups in total. The van der Waals surface area contributed by atoms with E-state index in [1.807, 2.05) is 0 Å². The monoisotopic (exact) mass is 369 g/mol. The quantitative estimate of drug-likeness (QED) is 0.732. The number of ether oxygens (including phenoxy) is 2. The van der Waals surface area contributed by atoms with Gasteiger partial charge in [-0.2, -0.15) is 8.78 Å². The Hall–Kier alpha value is -2.68. The largest absolute Gasteiger partial charge is 0.490 e. The lowest BCUT2D eigenvalue weighted by atomic mass is 10.2. The van der Waals surface area contributed by atoms with Crippen LogP contribution in [0.4, 0.5) is 14.7 Å². The summed E-state index contributed by atoms with van der Waals surface area (Å²) in [5.41, 5.74) is 1.46. The Balaban J connectivity index is 1.95. The summed E-state index contributed by atoms with van der Waals surface area (Å²) in [6.07, 6.45) is 0. The number of aromatic nitrogens is 1. The Morgan fingerprint density at radius 3 is 2.73 bits per heavy atom. The number of benzene rings is 1. The van der Waals surface area contributed by atoms with Gasteiger partial charge in [0.25, 0.3) is 0 Å². The zero-order valence-corrected chi connectivity index (χ0v) is 14.8. The van der Waals surface area contributed by atoms with Crippen molar-refractivity contribution in [3.8, 4) is 11.5 Å². The highest BCUT2D eigenvalue weighted by atomic mass is 19.3. The highest BCUT2D eigenvalue weighted by Crippen LogP contribution is 2.30. The molecule has 142 valence electrons. The van der Waals surface area contributed by atoms with Crippen LogP contribution in [0, 0.1) is 6.92 Å². The van der Waals surface area contributed by atoms with Crippen molar-refractivity contribution in [3.05, 3.63) is 35.5 Å². The molecule has 0 spiro atoms. The van der Waals surface area contributed by atoms with E-state index in [2.05, 4.69) is 15.2 Å². The molecule has 26 heavy (non-hydrogen) atoms. The van der Waals surface area contributed by atoms with Gasteiger partial charge in [-0.05, 0) is 38.6 Å². The third-order valence-electron chi connectivity index (χ3n) is 3.28. The number of nitrogens with zero attached hydrogens (tertiary/aromatic N) is 2. The number of hydrogen-bond donors (Lipinski definition) is 1. The van der Waals surface area contributed by atoms with Gasteiger partial charge < -0.3 is 14.0 Å². The van der Waals surface area contributed by atoms with Crippen LogP contribution in [0.2, 0.25) is 0 Å². The van der Waals surface area contributed by atoms with Gasteiger partial charge in [-0.3, -0.25) is 15.0 Å². The van der Waals surface area contributed by atoms with E-state index in [4.69, 9.17) is 9.26 Å². The van der Waals surface area contributed by atoms with Gasteiger partial charge in [-0.15, -0.1) is 0 Å². The molecule has 7 nitrogen and oxygen atoms in total. The summed E-state index contributed by atoms with van der Waals surface area (Å²) >= 11 is 0. The first-order chi connectivity index (χ1) is 12.4. The second-order valence-corrected chi connectivity index (χ2v) is 5.65. The maximum Gasteiger partial charge on any atom is 0.387 e. The Morgan fingerprint density at radius 2 is 2.12 bits per heavy atom. The molecule has 2 rings (SSSR count). The van der Waals surface area contributed by atoms with Crippen LogP contribution in [0.5, 0.6) is 11.5 Å². The highest BCUT2D eigenvalue weighted by Gasteiger charge is 2.14. The summed E-state index contributed by atoms with van der Waals surface area (Å²) in [5, 5.41) is 6.29. The SMILES string of the molecule is CCOc1cc(CN(C)CC(=O)Nc2cc(C)no2)ccc1OC(F)F. The summed E-state index contributed by atoms with van der Waals surface area (Å²) in [7, 11) is 1.76. The van der Waals surface area contributed by atoms with Gasteiger partial charge in [0.05, 0.1) is 18.8 Å². The first-order valence-electron chi connectivity index (χ1n) is 7.99. The molecule has 1 aromatic carbocycles. The lowest BCUT2D eigenvalue weighted by Crippen LogP contribution is -2.29. The van der Waals surface area contributed by atoms with Gasteiger partial charge in [0, 0.05) is 12.6 Å². The van der Waals surface area contributed by atoms with E-state index < -0.39 is 6.61 Å². The highest BCUT2D eigenvalue weighted by molar-refractivity contribution is 5.90.